The lowest BCUT2D eigenvalue weighted by atomic mass is 10.1. The molecule has 0 aliphatic rings. The van der Waals surface area contributed by atoms with E-state index in [1.54, 1.807) is 61.1 Å². The van der Waals surface area contributed by atoms with Crippen LogP contribution in [0.4, 0.5) is 11.4 Å². The number of carbonyl (C=O) groups excluding carboxylic acids is 1. The fourth-order valence-corrected chi connectivity index (χ4v) is 3.60. The van der Waals surface area contributed by atoms with Crippen LogP contribution in [0.5, 0.6) is 0 Å². The molecule has 0 fully saturated rings. The number of carbonyl (C=O) groups is 1. The van der Waals surface area contributed by atoms with E-state index < -0.39 is 16.4 Å². The van der Waals surface area contributed by atoms with Gasteiger partial charge in [-0.15, -0.1) is 0 Å². The smallest absolute Gasteiger partial charge is 0.295 e. The van der Waals surface area contributed by atoms with Crippen molar-refractivity contribution in [1.29, 1.82) is 5.26 Å². The van der Waals surface area contributed by atoms with Gasteiger partial charge in [0.25, 0.3) is 17.2 Å². The van der Waals surface area contributed by atoms with Crippen LogP contribution in [0.15, 0.2) is 81.5 Å². The minimum absolute atomic E-state index is 0.0440. The van der Waals surface area contributed by atoms with E-state index in [1.165, 1.54) is 35.0 Å². The lowest BCUT2D eigenvalue weighted by Crippen LogP contribution is -2.23. The molecular weight excluding hydrogens is 450 g/mol. The first kappa shape index (κ1) is 23.0. The minimum atomic E-state index is -0.790. The third-order valence-electron chi connectivity index (χ3n) is 5.44. The molecule has 174 valence electrons. The van der Waals surface area contributed by atoms with E-state index in [-0.39, 0.29) is 34.0 Å². The van der Waals surface area contributed by atoms with E-state index in [0.717, 1.165) is 0 Å². The molecule has 0 aliphatic heterocycles. The summed E-state index contributed by atoms with van der Waals surface area (Å²) in [6, 6.07) is 19.8. The number of rotatable bonds is 6. The Morgan fingerprint density at radius 3 is 2.49 bits per heavy atom. The summed E-state index contributed by atoms with van der Waals surface area (Å²) >= 11 is 0. The summed E-state index contributed by atoms with van der Waals surface area (Å²) in [5.74, 6) is -0.426. The van der Waals surface area contributed by atoms with Gasteiger partial charge < -0.3 is 9.73 Å². The number of nitrogens with one attached hydrogen (secondary N) is 1. The Morgan fingerprint density at radius 1 is 1.11 bits per heavy atom. The van der Waals surface area contributed by atoms with Crippen molar-refractivity contribution < 1.29 is 14.1 Å². The predicted molar refractivity (Wildman–Crippen MR) is 129 cm³/mol. The third kappa shape index (κ3) is 4.38. The van der Waals surface area contributed by atoms with Gasteiger partial charge in [0.15, 0.2) is 0 Å². The molecule has 0 atom stereocenters. The number of furan rings is 1. The molecule has 4 aromatic rings. The Labute approximate surface area is 199 Å². The fourth-order valence-electron chi connectivity index (χ4n) is 3.60. The number of nitriles is 1. The molecule has 0 bridgehead atoms. The van der Waals surface area contributed by atoms with Crippen LogP contribution in [0.25, 0.3) is 23.1 Å². The van der Waals surface area contributed by atoms with Crippen molar-refractivity contribution >= 4 is 23.4 Å². The standard InChI is InChI=1S/C25H19N5O5/c1-16-23(25(32)29(28(16)2)18-8-4-3-5-9-18)27-24(31)17(15-26)14-19-12-13-22(35-19)20-10-6-7-11-21(20)30(33)34/h3-14H,1-2H3,(H,27,31)/b17-14-. The summed E-state index contributed by atoms with van der Waals surface area (Å²) in [5.41, 5.74) is 0.550. The molecule has 10 nitrogen and oxygen atoms in total. The molecule has 0 saturated carbocycles. The largest absolute Gasteiger partial charge is 0.456 e. The number of nitro groups is 1. The average molecular weight is 469 g/mol. The highest BCUT2D eigenvalue weighted by atomic mass is 16.6. The van der Waals surface area contributed by atoms with Gasteiger partial charge in [-0.2, -0.15) is 5.26 Å². The molecule has 1 N–H and O–H groups in total. The van der Waals surface area contributed by atoms with Crippen LogP contribution >= 0.6 is 0 Å². The van der Waals surface area contributed by atoms with E-state index in [9.17, 15) is 25.0 Å². The van der Waals surface area contributed by atoms with Gasteiger partial charge in [0.2, 0.25) is 0 Å². The second-order valence-electron chi connectivity index (χ2n) is 7.54. The second kappa shape index (κ2) is 9.36. The van der Waals surface area contributed by atoms with Crippen LogP contribution in [-0.2, 0) is 11.8 Å². The van der Waals surface area contributed by atoms with Gasteiger partial charge in [0.1, 0.15) is 28.9 Å². The van der Waals surface area contributed by atoms with Crippen molar-refractivity contribution in [2.24, 2.45) is 7.05 Å². The van der Waals surface area contributed by atoms with E-state index in [0.29, 0.717) is 11.4 Å². The van der Waals surface area contributed by atoms with Crippen LogP contribution in [0.1, 0.15) is 11.5 Å². The maximum Gasteiger partial charge on any atom is 0.295 e. The first-order valence-electron chi connectivity index (χ1n) is 10.4. The second-order valence-corrected chi connectivity index (χ2v) is 7.54. The molecule has 0 aliphatic carbocycles. The lowest BCUT2D eigenvalue weighted by Gasteiger charge is -2.07. The summed E-state index contributed by atoms with van der Waals surface area (Å²) in [5, 5.41) is 23.4. The van der Waals surface area contributed by atoms with Gasteiger partial charge in [-0.3, -0.25) is 24.4 Å². The number of hydrogen-bond donors (Lipinski definition) is 1. The van der Waals surface area contributed by atoms with E-state index in [4.69, 9.17) is 4.42 Å². The van der Waals surface area contributed by atoms with Crippen LogP contribution in [0.2, 0.25) is 0 Å². The molecule has 0 radical (unpaired) electrons. The van der Waals surface area contributed by atoms with Crippen molar-refractivity contribution in [2.45, 2.75) is 6.92 Å². The number of nitro benzene ring substituents is 1. The van der Waals surface area contributed by atoms with Gasteiger partial charge in [0, 0.05) is 19.2 Å². The maximum absolute atomic E-state index is 13.0. The Bertz CT molecular complexity index is 1570. The van der Waals surface area contributed by atoms with Crippen molar-refractivity contribution in [3.63, 3.8) is 0 Å². The van der Waals surface area contributed by atoms with Gasteiger partial charge in [0.05, 0.1) is 21.9 Å². The van der Waals surface area contributed by atoms with Gasteiger partial charge >= 0.3 is 0 Å². The van der Waals surface area contributed by atoms with Gasteiger partial charge in [-0.1, -0.05) is 30.3 Å². The van der Waals surface area contributed by atoms with Crippen LogP contribution in [-0.4, -0.2) is 20.2 Å². The van der Waals surface area contributed by atoms with Gasteiger partial charge in [-0.25, -0.2) is 4.68 Å². The zero-order valence-corrected chi connectivity index (χ0v) is 18.8. The van der Waals surface area contributed by atoms with E-state index >= 15 is 0 Å². The minimum Gasteiger partial charge on any atom is -0.456 e. The highest BCUT2D eigenvalue weighted by Crippen LogP contribution is 2.31. The van der Waals surface area contributed by atoms with Crippen LogP contribution in [0, 0.1) is 28.4 Å². The molecule has 0 saturated heterocycles. The highest BCUT2D eigenvalue weighted by molar-refractivity contribution is 6.09. The summed E-state index contributed by atoms with van der Waals surface area (Å²) in [6.45, 7) is 1.68. The molecule has 0 spiro atoms. The SMILES string of the molecule is Cc1c(NC(=O)/C(C#N)=C\c2ccc(-c3ccccc3[N+](=O)[O-])o2)c(=O)n(-c2ccccc2)n1C. The van der Waals surface area contributed by atoms with Crippen molar-refractivity contribution in [3.8, 4) is 23.1 Å². The molecule has 0 unspecified atom stereocenters. The number of hydrogen-bond acceptors (Lipinski definition) is 6. The van der Waals surface area contributed by atoms with Crippen LogP contribution < -0.4 is 10.9 Å². The highest BCUT2D eigenvalue weighted by Gasteiger charge is 2.21. The molecular formula is C25H19N5O5. The summed E-state index contributed by atoms with van der Waals surface area (Å²) < 4.78 is 8.65. The zero-order chi connectivity index (χ0) is 25.1. The first-order chi connectivity index (χ1) is 16.8. The van der Waals surface area contributed by atoms with E-state index in [1.807, 2.05) is 6.07 Å². The lowest BCUT2D eigenvalue weighted by molar-refractivity contribution is -0.384. The Balaban J connectivity index is 1.63. The molecule has 35 heavy (non-hydrogen) atoms. The molecule has 10 heteroatoms. The van der Waals surface area contributed by atoms with Crippen LogP contribution in [0.3, 0.4) is 0 Å². The molecule has 4 rings (SSSR count). The van der Waals surface area contributed by atoms with Crippen molar-refractivity contribution in [3.05, 3.63) is 104 Å². The predicted octanol–water partition coefficient (Wildman–Crippen LogP) is 4.20. The third-order valence-corrected chi connectivity index (χ3v) is 5.44. The number of anilines is 1. The number of para-hydroxylation sites is 2. The first-order valence-corrected chi connectivity index (χ1v) is 10.4. The molecule has 2 aromatic carbocycles. The maximum atomic E-state index is 13.0. The molecule has 2 heterocycles. The summed E-state index contributed by atoms with van der Waals surface area (Å²) in [4.78, 5) is 36.6. The number of nitrogens with zero attached hydrogens (tertiary/aromatic N) is 4. The average Bonchev–Trinajstić information content (AvgIpc) is 3.41. The molecule has 1 amide bonds. The van der Waals surface area contributed by atoms with Gasteiger partial charge in [-0.05, 0) is 37.3 Å². The summed E-state index contributed by atoms with van der Waals surface area (Å²) in [6.07, 6.45) is 1.21. The number of aromatic nitrogens is 2. The van der Waals surface area contributed by atoms with Crippen molar-refractivity contribution in [1.82, 2.24) is 9.36 Å². The fraction of sp³-hybridized carbons (Fsp3) is 0.0800. The number of benzene rings is 2. The monoisotopic (exact) mass is 469 g/mol. The Kier molecular flexibility index (Phi) is 6.16. The zero-order valence-electron chi connectivity index (χ0n) is 18.8. The number of amides is 1. The topological polar surface area (TPSA) is 136 Å². The van der Waals surface area contributed by atoms with Crippen molar-refractivity contribution in [2.75, 3.05) is 5.32 Å². The Morgan fingerprint density at radius 2 is 1.80 bits per heavy atom. The molecule has 2 aromatic heterocycles. The van der Waals surface area contributed by atoms with E-state index in [2.05, 4.69) is 5.32 Å². The quantitative estimate of drug-likeness (QED) is 0.195. The summed E-state index contributed by atoms with van der Waals surface area (Å²) in [7, 11) is 1.69. The Hall–Kier alpha value is -5.17. The normalized spacial score (nSPS) is 11.2.